The molecule has 0 radical (unpaired) electrons. The van der Waals surface area contributed by atoms with E-state index in [-0.39, 0.29) is 22.0 Å². The second-order valence-corrected chi connectivity index (χ2v) is 6.91. The molecule has 0 bridgehead atoms. The fourth-order valence-electron chi connectivity index (χ4n) is 1.73. The fraction of sp³-hybridized carbons (Fsp3) is 0.500. The number of thiazole rings is 1. The summed E-state index contributed by atoms with van der Waals surface area (Å²) in [5, 5.41) is 3.32. The number of alkyl halides is 3. The highest BCUT2D eigenvalue weighted by atomic mass is 32.1. The van der Waals surface area contributed by atoms with Crippen LogP contribution in [0.25, 0.3) is 10.8 Å². The Morgan fingerprint density at radius 3 is 2.43 bits per heavy atom. The van der Waals surface area contributed by atoms with E-state index >= 15 is 0 Å². The zero-order valence-corrected chi connectivity index (χ0v) is 13.1. The maximum Gasteiger partial charge on any atom is 0.434 e. The summed E-state index contributed by atoms with van der Waals surface area (Å²) in [4.78, 5) is 3.91. The van der Waals surface area contributed by atoms with Crippen molar-refractivity contribution in [3.63, 3.8) is 0 Å². The van der Waals surface area contributed by atoms with Gasteiger partial charge in [-0.2, -0.15) is 13.2 Å². The van der Waals surface area contributed by atoms with Crippen LogP contribution in [-0.2, 0) is 12.7 Å². The zero-order valence-electron chi connectivity index (χ0n) is 12.3. The fourth-order valence-corrected chi connectivity index (χ4v) is 2.80. The molecule has 3 nitrogen and oxygen atoms in total. The summed E-state index contributed by atoms with van der Waals surface area (Å²) in [6, 6.07) is 1.71. The first-order valence-corrected chi connectivity index (χ1v) is 7.26. The Morgan fingerprint density at radius 1 is 1.29 bits per heavy atom. The molecule has 2 aromatic heterocycles. The van der Waals surface area contributed by atoms with Gasteiger partial charge in [0, 0.05) is 12.1 Å². The normalized spacial score (nSPS) is 12.9. The molecular formula is C14H17F3N2OS. The van der Waals surface area contributed by atoms with Crippen LogP contribution in [0.4, 0.5) is 13.2 Å². The minimum atomic E-state index is -4.47. The van der Waals surface area contributed by atoms with Crippen molar-refractivity contribution in [2.75, 3.05) is 0 Å². The monoisotopic (exact) mass is 318 g/mol. The Labute approximate surface area is 125 Å². The van der Waals surface area contributed by atoms with Crippen LogP contribution >= 0.6 is 11.3 Å². The maximum absolute atomic E-state index is 13.1. The Bertz CT molecular complexity index is 623. The van der Waals surface area contributed by atoms with E-state index in [1.165, 1.54) is 6.26 Å². The van der Waals surface area contributed by atoms with Gasteiger partial charge in [-0.05, 0) is 39.3 Å². The SMILES string of the molecule is Cc1ccoc1-c1nc(C(F)(F)F)c(CNC(C)(C)C)s1. The van der Waals surface area contributed by atoms with Gasteiger partial charge in [0.05, 0.1) is 11.1 Å². The molecule has 0 aromatic carbocycles. The van der Waals surface area contributed by atoms with E-state index in [1.807, 2.05) is 20.8 Å². The smallest absolute Gasteiger partial charge is 0.434 e. The lowest BCUT2D eigenvalue weighted by molar-refractivity contribution is -0.141. The maximum atomic E-state index is 13.1. The van der Waals surface area contributed by atoms with Gasteiger partial charge in [-0.15, -0.1) is 11.3 Å². The number of halogens is 3. The first-order chi connectivity index (χ1) is 9.58. The van der Waals surface area contributed by atoms with Gasteiger partial charge in [-0.1, -0.05) is 0 Å². The van der Waals surface area contributed by atoms with Crippen LogP contribution in [0.2, 0.25) is 0 Å². The number of aromatic nitrogens is 1. The molecule has 0 saturated heterocycles. The van der Waals surface area contributed by atoms with Gasteiger partial charge >= 0.3 is 6.18 Å². The Kier molecular flexibility index (Phi) is 4.17. The van der Waals surface area contributed by atoms with Gasteiger partial charge in [0.1, 0.15) is 0 Å². The molecule has 0 atom stereocenters. The Hall–Kier alpha value is -1.34. The molecule has 0 amide bonds. The van der Waals surface area contributed by atoms with Gasteiger partial charge in [-0.25, -0.2) is 4.98 Å². The molecule has 1 N–H and O–H groups in total. The summed E-state index contributed by atoms with van der Waals surface area (Å²) >= 11 is 1.01. The van der Waals surface area contributed by atoms with Crippen LogP contribution in [0.5, 0.6) is 0 Å². The molecule has 2 heterocycles. The number of furan rings is 1. The summed E-state index contributed by atoms with van der Waals surface area (Å²) in [5.41, 5.74) is -0.337. The number of hydrogen-bond acceptors (Lipinski definition) is 4. The predicted molar refractivity (Wildman–Crippen MR) is 76.1 cm³/mol. The number of hydrogen-bond donors (Lipinski definition) is 1. The third-order valence-corrected chi connectivity index (χ3v) is 3.86. The van der Waals surface area contributed by atoms with Crippen molar-refractivity contribution in [1.82, 2.24) is 10.3 Å². The second kappa shape index (κ2) is 5.46. The molecular weight excluding hydrogens is 301 g/mol. The van der Waals surface area contributed by atoms with Crippen molar-refractivity contribution in [1.29, 1.82) is 0 Å². The molecule has 0 aliphatic carbocycles. The average molecular weight is 318 g/mol. The second-order valence-electron chi connectivity index (χ2n) is 5.82. The molecule has 0 fully saturated rings. The molecule has 0 aliphatic rings. The van der Waals surface area contributed by atoms with E-state index in [0.29, 0.717) is 5.76 Å². The number of nitrogens with one attached hydrogen (secondary N) is 1. The standard InChI is InChI=1S/C14H17F3N2OS/c1-8-5-6-20-10(8)12-19-11(14(15,16)17)9(21-12)7-18-13(2,3)4/h5-6,18H,7H2,1-4H3. The van der Waals surface area contributed by atoms with E-state index < -0.39 is 11.9 Å². The van der Waals surface area contributed by atoms with Crippen LogP contribution in [0.3, 0.4) is 0 Å². The summed E-state index contributed by atoms with van der Waals surface area (Å²) in [6.07, 6.45) is -3.02. The molecule has 2 aromatic rings. The van der Waals surface area contributed by atoms with Crippen LogP contribution < -0.4 is 5.32 Å². The van der Waals surface area contributed by atoms with Crippen molar-refractivity contribution in [3.05, 3.63) is 28.5 Å². The highest BCUT2D eigenvalue weighted by Gasteiger charge is 2.38. The third kappa shape index (κ3) is 3.85. The van der Waals surface area contributed by atoms with Crippen LogP contribution in [0.15, 0.2) is 16.7 Å². The summed E-state index contributed by atoms with van der Waals surface area (Å²) in [5.74, 6) is 0.396. The lowest BCUT2D eigenvalue weighted by Crippen LogP contribution is -2.35. The van der Waals surface area contributed by atoms with E-state index in [0.717, 1.165) is 16.9 Å². The van der Waals surface area contributed by atoms with E-state index in [2.05, 4.69) is 10.3 Å². The van der Waals surface area contributed by atoms with Crippen LogP contribution in [0.1, 0.15) is 36.9 Å². The highest BCUT2D eigenvalue weighted by Crippen LogP contribution is 2.38. The molecule has 116 valence electrons. The molecule has 21 heavy (non-hydrogen) atoms. The topological polar surface area (TPSA) is 38.1 Å². The largest absolute Gasteiger partial charge is 0.462 e. The quantitative estimate of drug-likeness (QED) is 0.897. The van der Waals surface area contributed by atoms with Gasteiger partial charge in [0.25, 0.3) is 0 Å². The number of aryl methyl sites for hydroxylation is 1. The summed E-state index contributed by atoms with van der Waals surface area (Å²) in [6.45, 7) is 7.60. The van der Waals surface area contributed by atoms with Crippen molar-refractivity contribution < 1.29 is 17.6 Å². The third-order valence-electron chi connectivity index (χ3n) is 2.80. The van der Waals surface area contributed by atoms with E-state index in [9.17, 15) is 13.2 Å². The minimum Gasteiger partial charge on any atom is -0.462 e. The van der Waals surface area contributed by atoms with E-state index in [4.69, 9.17) is 4.42 Å². The Morgan fingerprint density at radius 2 is 1.95 bits per heavy atom. The molecule has 7 heteroatoms. The molecule has 0 spiro atoms. The minimum absolute atomic E-state index is 0.121. The van der Waals surface area contributed by atoms with Crippen molar-refractivity contribution in [3.8, 4) is 10.8 Å². The molecule has 0 aliphatic heterocycles. The number of nitrogens with zero attached hydrogens (tertiary/aromatic N) is 1. The lowest BCUT2D eigenvalue weighted by Gasteiger charge is -2.20. The van der Waals surface area contributed by atoms with Crippen molar-refractivity contribution in [2.24, 2.45) is 0 Å². The van der Waals surface area contributed by atoms with Gasteiger partial charge in [-0.3, -0.25) is 0 Å². The van der Waals surface area contributed by atoms with Gasteiger partial charge < -0.3 is 9.73 Å². The first-order valence-electron chi connectivity index (χ1n) is 6.44. The molecule has 2 rings (SSSR count). The molecule has 0 saturated carbocycles. The lowest BCUT2D eigenvalue weighted by atomic mass is 10.1. The Balaban J connectivity index is 2.39. The average Bonchev–Trinajstić information content (AvgIpc) is 2.90. The van der Waals surface area contributed by atoms with Gasteiger partial charge in [0.2, 0.25) is 0 Å². The summed E-state index contributed by atoms with van der Waals surface area (Å²) < 4.78 is 44.6. The summed E-state index contributed by atoms with van der Waals surface area (Å²) in [7, 11) is 0. The van der Waals surface area contributed by atoms with Crippen molar-refractivity contribution >= 4 is 11.3 Å². The van der Waals surface area contributed by atoms with Crippen LogP contribution in [-0.4, -0.2) is 10.5 Å². The zero-order chi connectivity index (χ0) is 15.8. The first kappa shape index (κ1) is 16.0. The molecule has 0 unspecified atom stereocenters. The predicted octanol–water partition coefficient (Wildman–Crippen LogP) is 4.62. The number of rotatable bonds is 3. The van der Waals surface area contributed by atoms with Crippen molar-refractivity contribution in [2.45, 2.75) is 46.0 Å². The van der Waals surface area contributed by atoms with E-state index in [1.54, 1.807) is 13.0 Å². The van der Waals surface area contributed by atoms with Gasteiger partial charge in [0.15, 0.2) is 16.5 Å². The van der Waals surface area contributed by atoms with Crippen LogP contribution in [0, 0.1) is 6.92 Å². The highest BCUT2D eigenvalue weighted by molar-refractivity contribution is 7.15.